The number of nitrogens with one attached hydrogen (secondary N) is 1. The zero-order chi connectivity index (χ0) is 12.6. The van der Waals surface area contributed by atoms with Gasteiger partial charge < -0.3 is 10.1 Å². The van der Waals surface area contributed by atoms with Gasteiger partial charge in [-0.05, 0) is 29.9 Å². The van der Waals surface area contributed by atoms with Crippen LogP contribution in [0.15, 0.2) is 42.0 Å². The van der Waals surface area contributed by atoms with E-state index in [1.54, 1.807) is 0 Å². The minimum Gasteiger partial charge on any atom is -0.377 e. The molecule has 0 spiro atoms. The van der Waals surface area contributed by atoms with Crippen molar-refractivity contribution in [2.75, 3.05) is 26.3 Å². The molecule has 1 aromatic rings. The molecule has 1 N–H and O–H groups in total. The predicted octanol–water partition coefficient (Wildman–Crippen LogP) is 3.12. The van der Waals surface area contributed by atoms with Gasteiger partial charge in [0.2, 0.25) is 0 Å². The number of hydrogen-bond donors (Lipinski definition) is 1. The lowest BCUT2D eigenvalue weighted by Gasteiger charge is -2.18. The molecule has 0 amide bonds. The van der Waals surface area contributed by atoms with E-state index in [0.717, 1.165) is 32.7 Å². The highest BCUT2D eigenvalue weighted by atomic mass is 16.5. The van der Waals surface area contributed by atoms with Gasteiger partial charge >= 0.3 is 0 Å². The molecule has 0 saturated carbocycles. The third-order valence-corrected chi connectivity index (χ3v) is 3.49. The maximum atomic E-state index is 5.44. The number of ether oxygens (including phenoxy) is 1. The van der Waals surface area contributed by atoms with Crippen molar-refractivity contribution in [2.24, 2.45) is 0 Å². The van der Waals surface area contributed by atoms with Crippen LogP contribution in [-0.2, 0) is 4.74 Å². The molecule has 1 aliphatic heterocycles. The Kier molecular flexibility index (Phi) is 5.43. The summed E-state index contributed by atoms with van der Waals surface area (Å²) in [6, 6.07) is 10.8. The molecule has 1 aromatic carbocycles. The molecule has 2 heteroatoms. The van der Waals surface area contributed by atoms with Crippen LogP contribution >= 0.6 is 0 Å². The van der Waals surface area contributed by atoms with E-state index < -0.39 is 0 Å². The van der Waals surface area contributed by atoms with Crippen LogP contribution in [0.3, 0.4) is 0 Å². The number of rotatable bonds is 6. The van der Waals surface area contributed by atoms with Crippen molar-refractivity contribution < 1.29 is 4.74 Å². The standard InChI is InChI=1S/C16H23NO/c1-2-15(16-8-4-3-5-9-16)12-17-11-14-7-6-10-18-13-14/h3-5,7-9,15,17H,2,6,10-13H2,1H3. The average molecular weight is 245 g/mol. The second kappa shape index (κ2) is 7.34. The first-order chi connectivity index (χ1) is 8.90. The van der Waals surface area contributed by atoms with Gasteiger partial charge in [-0.3, -0.25) is 0 Å². The fraction of sp³-hybridized carbons (Fsp3) is 0.500. The summed E-state index contributed by atoms with van der Waals surface area (Å²) in [7, 11) is 0. The van der Waals surface area contributed by atoms with Crippen molar-refractivity contribution >= 4 is 0 Å². The molecular formula is C16H23NO. The number of hydrogen-bond acceptors (Lipinski definition) is 2. The Morgan fingerprint density at radius 2 is 2.11 bits per heavy atom. The van der Waals surface area contributed by atoms with E-state index >= 15 is 0 Å². The molecule has 18 heavy (non-hydrogen) atoms. The van der Waals surface area contributed by atoms with Gasteiger partial charge in [-0.2, -0.15) is 0 Å². The molecule has 1 atom stereocenters. The van der Waals surface area contributed by atoms with Crippen molar-refractivity contribution in [3.63, 3.8) is 0 Å². The molecule has 0 bridgehead atoms. The molecule has 98 valence electrons. The first-order valence-electron chi connectivity index (χ1n) is 6.91. The van der Waals surface area contributed by atoms with E-state index in [4.69, 9.17) is 4.74 Å². The monoisotopic (exact) mass is 245 g/mol. The third kappa shape index (κ3) is 3.97. The zero-order valence-electron chi connectivity index (χ0n) is 11.2. The smallest absolute Gasteiger partial charge is 0.0689 e. The summed E-state index contributed by atoms with van der Waals surface area (Å²) < 4.78 is 5.44. The predicted molar refractivity (Wildman–Crippen MR) is 75.9 cm³/mol. The van der Waals surface area contributed by atoms with Crippen LogP contribution in [0.2, 0.25) is 0 Å². The maximum Gasteiger partial charge on any atom is 0.0689 e. The second-order valence-electron chi connectivity index (χ2n) is 4.85. The summed E-state index contributed by atoms with van der Waals surface area (Å²) in [6.07, 6.45) is 4.54. The Morgan fingerprint density at radius 1 is 1.28 bits per heavy atom. The second-order valence-corrected chi connectivity index (χ2v) is 4.85. The Hall–Kier alpha value is -1.12. The maximum absolute atomic E-state index is 5.44. The molecule has 0 fully saturated rings. The quantitative estimate of drug-likeness (QED) is 0.778. The number of benzene rings is 1. The highest BCUT2D eigenvalue weighted by Gasteiger charge is 2.09. The first-order valence-corrected chi connectivity index (χ1v) is 6.91. The molecule has 0 aliphatic carbocycles. The van der Waals surface area contributed by atoms with Crippen molar-refractivity contribution in [2.45, 2.75) is 25.7 Å². The van der Waals surface area contributed by atoms with Gasteiger partial charge in [0, 0.05) is 13.1 Å². The zero-order valence-corrected chi connectivity index (χ0v) is 11.2. The summed E-state index contributed by atoms with van der Waals surface area (Å²) in [5.74, 6) is 0.608. The van der Waals surface area contributed by atoms with Crippen LogP contribution in [0.1, 0.15) is 31.2 Å². The molecule has 0 radical (unpaired) electrons. The Labute approximate surface area is 110 Å². The van der Waals surface area contributed by atoms with Crippen LogP contribution < -0.4 is 5.32 Å². The van der Waals surface area contributed by atoms with Gasteiger partial charge in [0.05, 0.1) is 13.2 Å². The van der Waals surface area contributed by atoms with Crippen molar-refractivity contribution in [3.05, 3.63) is 47.5 Å². The van der Waals surface area contributed by atoms with E-state index in [-0.39, 0.29) is 0 Å². The van der Waals surface area contributed by atoms with E-state index in [2.05, 4.69) is 48.6 Å². The molecular weight excluding hydrogens is 222 g/mol. The largest absolute Gasteiger partial charge is 0.377 e. The minimum atomic E-state index is 0.608. The Balaban J connectivity index is 1.79. The van der Waals surface area contributed by atoms with E-state index in [1.165, 1.54) is 17.6 Å². The molecule has 1 aliphatic rings. The van der Waals surface area contributed by atoms with Crippen molar-refractivity contribution in [3.8, 4) is 0 Å². The van der Waals surface area contributed by atoms with Crippen LogP contribution in [-0.4, -0.2) is 26.3 Å². The van der Waals surface area contributed by atoms with Crippen LogP contribution in [0.4, 0.5) is 0 Å². The fourth-order valence-electron chi connectivity index (χ4n) is 2.36. The SMILES string of the molecule is CCC(CNCC1=CCCOC1)c1ccccc1. The molecule has 1 unspecified atom stereocenters. The Bertz CT molecular complexity index is 372. The summed E-state index contributed by atoms with van der Waals surface area (Å²) in [5, 5.41) is 3.56. The third-order valence-electron chi connectivity index (χ3n) is 3.49. The summed E-state index contributed by atoms with van der Waals surface area (Å²) in [5.41, 5.74) is 2.82. The fourth-order valence-corrected chi connectivity index (χ4v) is 2.36. The summed E-state index contributed by atoms with van der Waals surface area (Å²) >= 11 is 0. The van der Waals surface area contributed by atoms with Crippen LogP contribution in [0.25, 0.3) is 0 Å². The normalized spacial score (nSPS) is 17.3. The van der Waals surface area contributed by atoms with Gasteiger partial charge in [0.15, 0.2) is 0 Å². The summed E-state index contributed by atoms with van der Waals surface area (Å²) in [6.45, 7) is 5.93. The average Bonchev–Trinajstić information content (AvgIpc) is 2.46. The van der Waals surface area contributed by atoms with E-state index in [0.29, 0.717) is 5.92 Å². The highest BCUT2D eigenvalue weighted by Crippen LogP contribution is 2.18. The van der Waals surface area contributed by atoms with Crippen molar-refractivity contribution in [1.82, 2.24) is 5.32 Å². The molecule has 2 nitrogen and oxygen atoms in total. The lowest BCUT2D eigenvalue weighted by molar-refractivity contribution is 0.148. The lowest BCUT2D eigenvalue weighted by atomic mass is 9.96. The minimum absolute atomic E-state index is 0.608. The Morgan fingerprint density at radius 3 is 2.78 bits per heavy atom. The van der Waals surface area contributed by atoms with Crippen LogP contribution in [0.5, 0.6) is 0 Å². The molecule has 2 rings (SSSR count). The lowest BCUT2D eigenvalue weighted by Crippen LogP contribution is -2.25. The van der Waals surface area contributed by atoms with E-state index in [9.17, 15) is 0 Å². The molecule has 0 saturated heterocycles. The topological polar surface area (TPSA) is 21.3 Å². The van der Waals surface area contributed by atoms with Crippen LogP contribution in [0, 0.1) is 0 Å². The highest BCUT2D eigenvalue weighted by molar-refractivity contribution is 5.19. The van der Waals surface area contributed by atoms with Gasteiger partial charge in [0.25, 0.3) is 0 Å². The van der Waals surface area contributed by atoms with E-state index in [1.807, 2.05) is 0 Å². The van der Waals surface area contributed by atoms with Gasteiger partial charge in [-0.25, -0.2) is 0 Å². The molecule has 0 aromatic heterocycles. The van der Waals surface area contributed by atoms with Gasteiger partial charge in [-0.1, -0.05) is 43.3 Å². The summed E-state index contributed by atoms with van der Waals surface area (Å²) in [4.78, 5) is 0. The van der Waals surface area contributed by atoms with Crippen molar-refractivity contribution in [1.29, 1.82) is 0 Å². The van der Waals surface area contributed by atoms with Gasteiger partial charge in [-0.15, -0.1) is 0 Å². The van der Waals surface area contributed by atoms with Gasteiger partial charge in [0.1, 0.15) is 0 Å². The first kappa shape index (κ1) is 13.3. The molecule has 1 heterocycles.